The maximum atomic E-state index is 12.6. The van der Waals surface area contributed by atoms with Crippen molar-refractivity contribution in [2.24, 2.45) is 5.41 Å². The fourth-order valence-corrected chi connectivity index (χ4v) is 2.61. The van der Waals surface area contributed by atoms with Gasteiger partial charge in [0, 0.05) is 16.5 Å². The number of aliphatic hydroxyl groups excluding tert-OH is 1. The second-order valence-corrected chi connectivity index (χ2v) is 5.46. The zero-order chi connectivity index (χ0) is 13.8. The molecular weight excluding hydrogens is 244 g/mol. The number of hydrogen-bond donors (Lipinski definition) is 1. The molecule has 1 aliphatic heterocycles. The Hall–Kier alpha value is -1.94. The summed E-state index contributed by atoms with van der Waals surface area (Å²) in [4.78, 5) is 24.9. The molecule has 1 unspecified atom stereocenters. The SMILES string of the molecule is CC1(C)C2=C(OCC1O)C(=O)c1ccccc1C2=O. The van der Waals surface area contributed by atoms with Gasteiger partial charge in [-0.3, -0.25) is 9.59 Å². The first-order valence-corrected chi connectivity index (χ1v) is 6.18. The van der Waals surface area contributed by atoms with E-state index in [0.29, 0.717) is 11.1 Å². The van der Waals surface area contributed by atoms with Crippen molar-refractivity contribution in [2.75, 3.05) is 6.61 Å². The Morgan fingerprint density at radius 1 is 1.16 bits per heavy atom. The topological polar surface area (TPSA) is 63.6 Å². The van der Waals surface area contributed by atoms with Gasteiger partial charge in [-0.15, -0.1) is 0 Å². The second kappa shape index (κ2) is 3.78. The summed E-state index contributed by atoms with van der Waals surface area (Å²) in [6, 6.07) is 6.71. The maximum Gasteiger partial charge on any atom is 0.228 e. The Morgan fingerprint density at radius 3 is 2.37 bits per heavy atom. The number of rotatable bonds is 0. The van der Waals surface area contributed by atoms with Crippen molar-refractivity contribution in [3.05, 3.63) is 46.7 Å². The Balaban J connectivity index is 2.26. The second-order valence-electron chi connectivity index (χ2n) is 5.46. The van der Waals surface area contributed by atoms with Gasteiger partial charge < -0.3 is 9.84 Å². The van der Waals surface area contributed by atoms with Crippen LogP contribution in [0.1, 0.15) is 34.6 Å². The molecule has 0 saturated heterocycles. The highest BCUT2D eigenvalue weighted by Gasteiger charge is 2.47. The molecule has 0 bridgehead atoms. The normalized spacial score (nSPS) is 24.7. The van der Waals surface area contributed by atoms with Crippen LogP contribution in [0.3, 0.4) is 0 Å². The van der Waals surface area contributed by atoms with Crippen LogP contribution >= 0.6 is 0 Å². The molecule has 0 radical (unpaired) electrons. The lowest BCUT2D eigenvalue weighted by Gasteiger charge is -2.39. The van der Waals surface area contributed by atoms with Crippen LogP contribution in [0, 0.1) is 5.41 Å². The quantitative estimate of drug-likeness (QED) is 0.769. The zero-order valence-electron chi connectivity index (χ0n) is 10.8. The highest BCUT2D eigenvalue weighted by molar-refractivity contribution is 6.26. The number of hydrogen-bond acceptors (Lipinski definition) is 4. The molecular formula is C15H14O4. The van der Waals surface area contributed by atoms with Gasteiger partial charge in [0.2, 0.25) is 5.78 Å². The molecule has 4 nitrogen and oxygen atoms in total. The van der Waals surface area contributed by atoms with Crippen molar-refractivity contribution in [2.45, 2.75) is 20.0 Å². The van der Waals surface area contributed by atoms with Crippen LogP contribution in [0.4, 0.5) is 0 Å². The van der Waals surface area contributed by atoms with Crippen LogP contribution in [0.25, 0.3) is 0 Å². The van der Waals surface area contributed by atoms with E-state index in [1.165, 1.54) is 0 Å². The first-order valence-electron chi connectivity index (χ1n) is 6.18. The molecule has 98 valence electrons. The highest BCUT2D eigenvalue weighted by atomic mass is 16.5. The van der Waals surface area contributed by atoms with E-state index in [2.05, 4.69) is 0 Å². The molecule has 1 aromatic rings. The number of allylic oxidation sites excluding steroid dienone is 1. The fraction of sp³-hybridized carbons (Fsp3) is 0.333. The van der Waals surface area contributed by atoms with Gasteiger partial charge in [-0.2, -0.15) is 0 Å². The summed E-state index contributed by atoms with van der Waals surface area (Å²) < 4.78 is 5.33. The number of aliphatic hydroxyl groups is 1. The standard InChI is InChI=1S/C15H14O4/c1-15(2)10(16)7-19-14-11(15)12(17)8-5-3-4-6-9(8)13(14)18/h3-6,10,16H,7H2,1-2H3. The van der Waals surface area contributed by atoms with Crippen molar-refractivity contribution in [3.8, 4) is 0 Å². The predicted octanol–water partition coefficient (Wildman–Crippen LogP) is 1.74. The number of Topliss-reactive ketones (excluding diaryl/α,β-unsaturated/α-hetero) is 2. The molecule has 1 heterocycles. The summed E-state index contributed by atoms with van der Waals surface area (Å²) in [6.07, 6.45) is -0.798. The minimum atomic E-state index is -0.798. The van der Waals surface area contributed by atoms with Gasteiger partial charge in [-0.1, -0.05) is 38.1 Å². The lowest BCUT2D eigenvalue weighted by Crippen LogP contribution is -2.45. The van der Waals surface area contributed by atoms with Gasteiger partial charge in [0.05, 0.1) is 11.7 Å². The Bertz CT molecular complexity index is 625. The number of carbonyl (C=O) groups is 2. The van der Waals surface area contributed by atoms with E-state index in [1.54, 1.807) is 38.1 Å². The average Bonchev–Trinajstić information content (AvgIpc) is 2.39. The van der Waals surface area contributed by atoms with Crippen molar-refractivity contribution < 1.29 is 19.4 Å². The molecule has 0 saturated carbocycles. The van der Waals surface area contributed by atoms with Crippen molar-refractivity contribution in [1.29, 1.82) is 0 Å². The van der Waals surface area contributed by atoms with Gasteiger partial charge >= 0.3 is 0 Å². The highest BCUT2D eigenvalue weighted by Crippen LogP contribution is 2.42. The van der Waals surface area contributed by atoms with E-state index in [0.717, 1.165) is 0 Å². The van der Waals surface area contributed by atoms with E-state index >= 15 is 0 Å². The van der Waals surface area contributed by atoms with E-state index in [-0.39, 0.29) is 29.5 Å². The molecule has 1 aromatic carbocycles. The molecule has 3 rings (SSSR count). The lowest BCUT2D eigenvalue weighted by molar-refractivity contribution is -0.0157. The fourth-order valence-electron chi connectivity index (χ4n) is 2.61. The number of carbonyl (C=O) groups excluding carboxylic acids is 2. The molecule has 2 aliphatic rings. The monoisotopic (exact) mass is 258 g/mol. The van der Waals surface area contributed by atoms with Crippen LogP contribution in [0.5, 0.6) is 0 Å². The first kappa shape index (κ1) is 12.1. The van der Waals surface area contributed by atoms with Crippen molar-refractivity contribution in [1.82, 2.24) is 0 Å². The number of ether oxygens (including phenoxy) is 1. The third kappa shape index (κ3) is 1.50. The molecule has 19 heavy (non-hydrogen) atoms. The first-order chi connectivity index (χ1) is 8.94. The maximum absolute atomic E-state index is 12.6. The minimum absolute atomic E-state index is 0.0347. The number of ketones is 2. The third-order valence-electron chi connectivity index (χ3n) is 3.94. The predicted molar refractivity (Wildman–Crippen MR) is 67.9 cm³/mol. The lowest BCUT2D eigenvalue weighted by atomic mass is 9.70. The van der Waals surface area contributed by atoms with E-state index in [9.17, 15) is 14.7 Å². The van der Waals surface area contributed by atoms with Gasteiger partial charge in [-0.25, -0.2) is 0 Å². The summed E-state index contributed by atoms with van der Waals surface area (Å²) in [6.45, 7) is 3.55. The Morgan fingerprint density at radius 2 is 1.74 bits per heavy atom. The summed E-state index contributed by atoms with van der Waals surface area (Å²) in [5, 5.41) is 10.0. The summed E-state index contributed by atoms with van der Waals surface area (Å²) in [7, 11) is 0. The number of benzene rings is 1. The zero-order valence-corrected chi connectivity index (χ0v) is 10.8. The van der Waals surface area contributed by atoms with E-state index < -0.39 is 11.5 Å². The van der Waals surface area contributed by atoms with Gasteiger partial charge in [0.25, 0.3) is 0 Å². The van der Waals surface area contributed by atoms with Crippen LogP contribution in [0.2, 0.25) is 0 Å². The smallest absolute Gasteiger partial charge is 0.228 e. The van der Waals surface area contributed by atoms with E-state index in [4.69, 9.17) is 4.74 Å². The van der Waals surface area contributed by atoms with E-state index in [1.807, 2.05) is 0 Å². The van der Waals surface area contributed by atoms with Crippen LogP contribution < -0.4 is 0 Å². The summed E-state index contributed by atoms with van der Waals surface area (Å²) in [5.41, 5.74) is 0.263. The molecule has 0 amide bonds. The third-order valence-corrected chi connectivity index (χ3v) is 3.94. The summed E-state index contributed by atoms with van der Waals surface area (Å²) in [5.74, 6) is -0.405. The average molecular weight is 258 g/mol. The van der Waals surface area contributed by atoms with Crippen LogP contribution in [-0.2, 0) is 4.74 Å². The van der Waals surface area contributed by atoms with Crippen molar-refractivity contribution >= 4 is 11.6 Å². The minimum Gasteiger partial charge on any atom is -0.486 e. The van der Waals surface area contributed by atoms with Crippen LogP contribution in [0.15, 0.2) is 35.6 Å². The molecule has 0 fully saturated rings. The molecule has 0 spiro atoms. The van der Waals surface area contributed by atoms with Gasteiger partial charge in [0.1, 0.15) is 6.61 Å². The van der Waals surface area contributed by atoms with Crippen molar-refractivity contribution in [3.63, 3.8) is 0 Å². The molecule has 0 aromatic heterocycles. The molecule has 4 heteroatoms. The number of fused-ring (bicyclic) bond motifs is 1. The van der Waals surface area contributed by atoms with Gasteiger partial charge in [0.15, 0.2) is 11.5 Å². The van der Waals surface area contributed by atoms with Gasteiger partial charge in [-0.05, 0) is 0 Å². The Kier molecular flexibility index (Phi) is 2.41. The summed E-state index contributed by atoms with van der Waals surface area (Å²) >= 11 is 0. The van der Waals surface area contributed by atoms with Crippen LogP contribution in [-0.4, -0.2) is 29.4 Å². The molecule has 1 atom stereocenters. The molecule has 1 aliphatic carbocycles. The largest absolute Gasteiger partial charge is 0.486 e. The Labute approximate surface area is 110 Å². The molecule has 1 N–H and O–H groups in total.